The predicted octanol–water partition coefficient (Wildman–Crippen LogP) is 2.62. The molecule has 0 aliphatic rings. The number of nitrogens with zero attached hydrogens (tertiary/aromatic N) is 2. The Balaban J connectivity index is 2.11. The molecule has 2 rings (SSSR count). The van der Waals surface area contributed by atoms with Crippen LogP contribution in [0.15, 0.2) is 30.5 Å². The molecule has 0 radical (unpaired) electrons. The van der Waals surface area contributed by atoms with Crippen LogP contribution in [0.2, 0.25) is 0 Å². The SMILES string of the molecule is COCc1ccc(Nc2nc(C)cn2C)cc1. The Bertz CT molecular complexity index is 488. The molecule has 0 unspecified atom stereocenters. The van der Waals surface area contributed by atoms with Crippen molar-refractivity contribution in [3.05, 3.63) is 41.7 Å². The molecule has 1 heterocycles. The Morgan fingerprint density at radius 2 is 2.00 bits per heavy atom. The summed E-state index contributed by atoms with van der Waals surface area (Å²) < 4.78 is 7.04. The van der Waals surface area contributed by atoms with E-state index < -0.39 is 0 Å². The second kappa shape index (κ2) is 5.01. The molecule has 0 saturated carbocycles. The van der Waals surface area contributed by atoms with Gasteiger partial charge in [0.15, 0.2) is 0 Å². The highest BCUT2D eigenvalue weighted by Gasteiger charge is 2.02. The van der Waals surface area contributed by atoms with Gasteiger partial charge in [0.05, 0.1) is 12.3 Å². The molecule has 90 valence electrons. The van der Waals surface area contributed by atoms with Crippen molar-refractivity contribution < 1.29 is 4.74 Å². The average molecular weight is 231 g/mol. The van der Waals surface area contributed by atoms with E-state index >= 15 is 0 Å². The normalized spacial score (nSPS) is 10.5. The summed E-state index contributed by atoms with van der Waals surface area (Å²) in [7, 11) is 3.67. The molecule has 0 fully saturated rings. The highest BCUT2D eigenvalue weighted by Crippen LogP contribution is 2.16. The number of anilines is 2. The van der Waals surface area contributed by atoms with Crippen LogP contribution in [0.25, 0.3) is 0 Å². The lowest BCUT2D eigenvalue weighted by molar-refractivity contribution is 0.185. The lowest BCUT2D eigenvalue weighted by Gasteiger charge is -2.06. The number of aromatic nitrogens is 2. The number of aryl methyl sites for hydroxylation is 2. The summed E-state index contributed by atoms with van der Waals surface area (Å²) in [6.45, 7) is 2.62. The van der Waals surface area contributed by atoms with Gasteiger partial charge in [-0.1, -0.05) is 12.1 Å². The Morgan fingerprint density at radius 3 is 2.53 bits per heavy atom. The van der Waals surface area contributed by atoms with E-state index in [4.69, 9.17) is 4.74 Å². The third kappa shape index (κ3) is 2.85. The van der Waals surface area contributed by atoms with Gasteiger partial charge in [-0.05, 0) is 24.6 Å². The molecular weight excluding hydrogens is 214 g/mol. The maximum Gasteiger partial charge on any atom is 0.207 e. The number of ether oxygens (including phenoxy) is 1. The molecule has 17 heavy (non-hydrogen) atoms. The number of nitrogens with one attached hydrogen (secondary N) is 1. The van der Waals surface area contributed by atoms with Gasteiger partial charge in [-0.3, -0.25) is 0 Å². The predicted molar refractivity (Wildman–Crippen MR) is 68.4 cm³/mol. The zero-order valence-electron chi connectivity index (χ0n) is 10.4. The van der Waals surface area contributed by atoms with Gasteiger partial charge in [-0.2, -0.15) is 0 Å². The summed E-state index contributed by atoms with van der Waals surface area (Å²) in [6, 6.07) is 8.14. The maximum absolute atomic E-state index is 5.07. The van der Waals surface area contributed by atoms with E-state index in [0.717, 1.165) is 22.9 Å². The second-order valence-corrected chi connectivity index (χ2v) is 4.07. The van der Waals surface area contributed by atoms with Crippen molar-refractivity contribution in [1.82, 2.24) is 9.55 Å². The van der Waals surface area contributed by atoms with Gasteiger partial charge in [0.1, 0.15) is 0 Å². The maximum atomic E-state index is 5.07. The first-order valence-electron chi connectivity index (χ1n) is 5.54. The topological polar surface area (TPSA) is 39.1 Å². The zero-order chi connectivity index (χ0) is 12.3. The van der Waals surface area contributed by atoms with Crippen molar-refractivity contribution in [2.24, 2.45) is 7.05 Å². The van der Waals surface area contributed by atoms with Gasteiger partial charge in [0.25, 0.3) is 0 Å². The molecule has 2 aromatic rings. The zero-order valence-corrected chi connectivity index (χ0v) is 10.4. The summed E-state index contributed by atoms with van der Waals surface area (Å²) >= 11 is 0. The minimum atomic E-state index is 0.641. The first-order chi connectivity index (χ1) is 8.19. The smallest absolute Gasteiger partial charge is 0.207 e. The van der Waals surface area contributed by atoms with Crippen LogP contribution in [-0.4, -0.2) is 16.7 Å². The van der Waals surface area contributed by atoms with Crippen LogP contribution >= 0.6 is 0 Å². The van der Waals surface area contributed by atoms with Crippen LogP contribution < -0.4 is 5.32 Å². The minimum absolute atomic E-state index is 0.641. The number of hydrogen-bond acceptors (Lipinski definition) is 3. The average Bonchev–Trinajstić information content (AvgIpc) is 2.61. The molecular formula is C13H17N3O. The summed E-state index contributed by atoms with van der Waals surface area (Å²) in [6.07, 6.45) is 1.99. The van der Waals surface area contributed by atoms with Crippen molar-refractivity contribution in [2.75, 3.05) is 12.4 Å². The fraction of sp³-hybridized carbons (Fsp3) is 0.308. The monoisotopic (exact) mass is 231 g/mol. The molecule has 0 spiro atoms. The van der Waals surface area contributed by atoms with Crippen molar-refractivity contribution in [2.45, 2.75) is 13.5 Å². The van der Waals surface area contributed by atoms with E-state index in [1.807, 2.05) is 49.0 Å². The fourth-order valence-electron chi connectivity index (χ4n) is 1.71. The minimum Gasteiger partial charge on any atom is -0.380 e. The van der Waals surface area contributed by atoms with E-state index in [1.54, 1.807) is 7.11 Å². The molecule has 0 saturated heterocycles. The highest BCUT2D eigenvalue weighted by atomic mass is 16.5. The third-order valence-corrected chi connectivity index (χ3v) is 2.52. The number of rotatable bonds is 4. The van der Waals surface area contributed by atoms with Crippen LogP contribution in [0.4, 0.5) is 11.6 Å². The summed E-state index contributed by atoms with van der Waals surface area (Å²) in [5, 5.41) is 3.27. The lowest BCUT2D eigenvalue weighted by Crippen LogP contribution is -1.98. The van der Waals surface area contributed by atoms with Gasteiger partial charge in [0.2, 0.25) is 5.95 Å². The first-order valence-corrected chi connectivity index (χ1v) is 5.54. The van der Waals surface area contributed by atoms with E-state index in [2.05, 4.69) is 10.3 Å². The molecule has 0 amide bonds. The summed E-state index contributed by atoms with van der Waals surface area (Å²) in [5.41, 5.74) is 3.19. The van der Waals surface area contributed by atoms with Crippen molar-refractivity contribution in [1.29, 1.82) is 0 Å². The molecule has 0 aliphatic heterocycles. The molecule has 0 bridgehead atoms. The van der Waals surface area contributed by atoms with Gasteiger partial charge in [0, 0.05) is 26.0 Å². The molecule has 1 aromatic carbocycles. The number of methoxy groups -OCH3 is 1. The Kier molecular flexibility index (Phi) is 3.44. The number of hydrogen-bond donors (Lipinski definition) is 1. The molecule has 0 atom stereocenters. The molecule has 0 aliphatic carbocycles. The number of benzene rings is 1. The number of imidazole rings is 1. The van der Waals surface area contributed by atoms with E-state index in [9.17, 15) is 0 Å². The van der Waals surface area contributed by atoms with Gasteiger partial charge in [-0.15, -0.1) is 0 Å². The Hall–Kier alpha value is -1.81. The quantitative estimate of drug-likeness (QED) is 0.879. The van der Waals surface area contributed by atoms with E-state index in [1.165, 1.54) is 0 Å². The van der Waals surface area contributed by atoms with Crippen molar-refractivity contribution in [3.63, 3.8) is 0 Å². The van der Waals surface area contributed by atoms with Gasteiger partial charge in [-0.25, -0.2) is 4.98 Å². The largest absolute Gasteiger partial charge is 0.380 e. The van der Waals surface area contributed by atoms with Crippen LogP contribution in [-0.2, 0) is 18.4 Å². The van der Waals surface area contributed by atoms with Crippen LogP contribution in [0, 0.1) is 6.92 Å². The van der Waals surface area contributed by atoms with Crippen molar-refractivity contribution in [3.8, 4) is 0 Å². The standard InChI is InChI=1S/C13H17N3O/c1-10-8-16(2)13(14-10)15-12-6-4-11(5-7-12)9-17-3/h4-8H,9H2,1-3H3,(H,14,15). The molecule has 1 N–H and O–H groups in total. The highest BCUT2D eigenvalue weighted by molar-refractivity contribution is 5.54. The molecule has 4 heteroatoms. The van der Waals surface area contributed by atoms with E-state index in [-0.39, 0.29) is 0 Å². The third-order valence-electron chi connectivity index (χ3n) is 2.52. The van der Waals surface area contributed by atoms with Crippen molar-refractivity contribution >= 4 is 11.6 Å². The van der Waals surface area contributed by atoms with E-state index in [0.29, 0.717) is 6.61 Å². The van der Waals surface area contributed by atoms with Gasteiger partial charge >= 0.3 is 0 Å². The lowest BCUT2D eigenvalue weighted by atomic mass is 10.2. The summed E-state index contributed by atoms with van der Waals surface area (Å²) in [5.74, 6) is 0.849. The van der Waals surface area contributed by atoms with Crippen LogP contribution in [0.3, 0.4) is 0 Å². The summed E-state index contributed by atoms with van der Waals surface area (Å²) in [4.78, 5) is 4.39. The van der Waals surface area contributed by atoms with Crippen LogP contribution in [0.5, 0.6) is 0 Å². The Morgan fingerprint density at radius 1 is 1.29 bits per heavy atom. The first kappa shape index (κ1) is 11.7. The van der Waals surface area contributed by atoms with Crippen LogP contribution in [0.1, 0.15) is 11.3 Å². The van der Waals surface area contributed by atoms with Gasteiger partial charge < -0.3 is 14.6 Å². The Labute approximate surface area is 101 Å². The fourth-order valence-corrected chi connectivity index (χ4v) is 1.71. The second-order valence-electron chi connectivity index (χ2n) is 4.07. The molecule has 1 aromatic heterocycles. The molecule has 4 nitrogen and oxygen atoms in total.